The summed E-state index contributed by atoms with van der Waals surface area (Å²) in [4.78, 5) is 67.6. The first kappa shape index (κ1) is 40.4. The summed E-state index contributed by atoms with van der Waals surface area (Å²) in [5.74, 6) is -3.32. The standard InChI is InChI=1S/C38H55N5O10/c1-10-31-38(6)30(43(36(48)53-38)21-42-19-26(40-20-42)25-12-11-13-39-18-25)15-28(44)22(2)17-37(5,49-9)32(16-29(45)24(4)34(47)51-31)52-35-33(46)27(41(7)8)14-23(3)50-35/h11-13,18-20,22-24,27,30-33,35,46H,10,14-17,21H2,1-9H3/t22-,23-,24-,27?,30-,31-,32-,33?,35+,37-,38+/m1/s1. The molecule has 0 saturated carbocycles. The number of carbonyl (C=O) groups is 4. The minimum Gasteiger partial charge on any atom is -0.458 e. The van der Waals surface area contributed by atoms with Gasteiger partial charge in [-0.05, 0) is 73.2 Å². The summed E-state index contributed by atoms with van der Waals surface area (Å²) in [6.07, 6.45) is 2.19. The molecule has 15 heteroatoms. The predicted molar refractivity (Wildman–Crippen MR) is 191 cm³/mol. The number of fused-ring (bicyclic) bond motifs is 1. The number of esters is 1. The largest absolute Gasteiger partial charge is 0.458 e. The minimum absolute atomic E-state index is 0.00899. The molecule has 292 valence electrons. The fourth-order valence-corrected chi connectivity index (χ4v) is 7.80. The number of ether oxygens (including phenoxy) is 5. The lowest BCUT2D eigenvalue weighted by atomic mass is 9.79. The van der Waals surface area contributed by atoms with Crippen molar-refractivity contribution >= 4 is 23.6 Å². The molecule has 3 saturated heterocycles. The Morgan fingerprint density at radius 3 is 2.47 bits per heavy atom. The Bertz CT molecular complexity index is 1620. The molecule has 1 amide bonds. The summed E-state index contributed by atoms with van der Waals surface area (Å²) in [6.45, 7) is 10.3. The van der Waals surface area contributed by atoms with E-state index in [0.717, 1.165) is 5.56 Å². The Morgan fingerprint density at radius 2 is 1.83 bits per heavy atom. The molecule has 5 heterocycles. The molecular weight excluding hydrogens is 686 g/mol. The van der Waals surface area contributed by atoms with E-state index in [1.165, 1.54) is 18.9 Å². The molecule has 3 fully saturated rings. The third-order valence-electron chi connectivity index (χ3n) is 11.4. The third-order valence-corrected chi connectivity index (χ3v) is 11.4. The molecule has 5 rings (SSSR count). The average molecular weight is 742 g/mol. The molecule has 3 aliphatic rings. The average Bonchev–Trinajstić information content (AvgIpc) is 3.69. The van der Waals surface area contributed by atoms with E-state index in [1.807, 2.05) is 32.0 Å². The quantitative estimate of drug-likeness (QED) is 0.308. The van der Waals surface area contributed by atoms with Crippen LogP contribution in [0.1, 0.15) is 73.6 Å². The molecule has 11 atom stereocenters. The van der Waals surface area contributed by atoms with Crippen LogP contribution in [0, 0.1) is 11.8 Å². The summed E-state index contributed by atoms with van der Waals surface area (Å²) in [5.41, 5.74) is -1.23. The van der Waals surface area contributed by atoms with E-state index in [-0.39, 0.29) is 50.3 Å². The van der Waals surface area contributed by atoms with Gasteiger partial charge in [-0.15, -0.1) is 0 Å². The Hall–Kier alpha value is -3.76. The second kappa shape index (κ2) is 16.3. The number of likely N-dealkylation sites (N-methyl/N-ethyl adjacent to an activating group) is 1. The lowest BCUT2D eigenvalue weighted by molar-refractivity contribution is -0.289. The van der Waals surface area contributed by atoms with Crippen LogP contribution < -0.4 is 0 Å². The summed E-state index contributed by atoms with van der Waals surface area (Å²) in [6, 6.07) is 2.55. The van der Waals surface area contributed by atoms with Gasteiger partial charge in [0.2, 0.25) is 0 Å². The molecule has 1 N–H and O–H groups in total. The highest BCUT2D eigenvalue weighted by atomic mass is 16.7. The van der Waals surface area contributed by atoms with Gasteiger partial charge in [-0.3, -0.25) is 24.3 Å². The van der Waals surface area contributed by atoms with Gasteiger partial charge in [0.05, 0.1) is 35.9 Å². The van der Waals surface area contributed by atoms with Crippen LogP contribution >= 0.6 is 0 Å². The van der Waals surface area contributed by atoms with Gasteiger partial charge in [0.25, 0.3) is 0 Å². The molecule has 2 aromatic rings. The van der Waals surface area contributed by atoms with E-state index in [1.54, 1.807) is 63.2 Å². The maximum atomic E-state index is 14.3. The fraction of sp³-hybridized carbons (Fsp3) is 0.684. The highest BCUT2D eigenvalue weighted by molar-refractivity contribution is 5.99. The first-order valence-corrected chi connectivity index (χ1v) is 18.4. The van der Waals surface area contributed by atoms with Crippen LogP contribution in [0.4, 0.5) is 4.79 Å². The first-order chi connectivity index (χ1) is 25.0. The molecule has 53 heavy (non-hydrogen) atoms. The highest BCUT2D eigenvalue weighted by Gasteiger charge is 2.58. The van der Waals surface area contributed by atoms with Crippen molar-refractivity contribution in [2.45, 2.75) is 134 Å². The highest BCUT2D eigenvalue weighted by Crippen LogP contribution is 2.41. The topological polar surface area (TPSA) is 172 Å². The van der Waals surface area contributed by atoms with Crippen molar-refractivity contribution in [2.75, 3.05) is 21.2 Å². The van der Waals surface area contributed by atoms with Crippen molar-refractivity contribution < 1.29 is 48.0 Å². The maximum absolute atomic E-state index is 14.3. The number of cyclic esters (lactones) is 1. The minimum atomic E-state index is -1.43. The number of aromatic nitrogens is 3. The lowest BCUT2D eigenvalue weighted by Gasteiger charge is -2.45. The van der Waals surface area contributed by atoms with Crippen molar-refractivity contribution in [1.82, 2.24) is 24.3 Å². The first-order valence-electron chi connectivity index (χ1n) is 18.4. The molecule has 2 aromatic heterocycles. The third kappa shape index (κ3) is 8.49. The number of hydrogen-bond donors (Lipinski definition) is 1. The Labute approximate surface area is 311 Å². The Morgan fingerprint density at radius 1 is 1.09 bits per heavy atom. The normalized spacial score (nSPS) is 36.2. The van der Waals surface area contributed by atoms with Gasteiger partial charge >= 0.3 is 12.1 Å². The van der Waals surface area contributed by atoms with Gasteiger partial charge in [-0.2, -0.15) is 0 Å². The number of amides is 1. The molecule has 0 spiro atoms. The number of imidazole rings is 1. The van der Waals surface area contributed by atoms with Crippen LogP contribution in [0.2, 0.25) is 0 Å². The predicted octanol–water partition coefficient (Wildman–Crippen LogP) is 3.61. The summed E-state index contributed by atoms with van der Waals surface area (Å²) < 4.78 is 32.3. The SMILES string of the molecule is CC[C@H]1OC(=O)[C@H](C)C(=O)C[C@@H](O[C@@H]2O[C@H](C)CC(N(C)C)C2O)[C@](C)(OC)C[C@@H](C)C(=O)C[C@H]2N(Cn3cnc(-c4cccnc4)c3)C(=O)O[C@]12C. The van der Waals surface area contributed by atoms with Gasteiger partial charge < -0.3 is 38.3 Å². The smallest absolute Gasteiger partial charge is 0.412 e. The van der Waals surface area contributed by atoms with Crippen LogP contribution in [-0.4, -0.2) is 128 Å². The number of ketones is 2. The lowest BCUT2D eigenvalue weighted by Crippen LogP contribution is -2.58. The van der Waals surface area contributed by atoms with Gasteiger partial charge in [0, 0.05) is 56.1 Å². The summed E-state index contributed by atoms with van der Waals surface area (Å²) in [5, 5.41) is 11.3. The fourth-order valence-electron chi connectivity index (χ4n) is 7.80. The van der Waals surface area contributed by atoms with E-state index in [0.29, 0.717) is 12.1 Å². The Kier molecular flexibility index (Phi) is 12.4. The number of nitrogens with zero attached hydrogens (tertiary/aromatic N) is 5. The van der Waals surface area contributed by atoms with Crippen LogP contribution in [0.25, 0.3) is 11.3 Å². The number of hydrogen-bond acceptors (Lipinski definition) is 13. The number of aliphatic hydroxyl groups excluding tert-OH is 1. The zero-order valence-electron chi connectivity index (χ0n) is 32.3. The number of rotatable bonds is 8. The Balaban J connectivity index is 1.48. The van der Waals surface area contributed by atoms with E-state index in [2.05, 4.69) is 9.97 Å². The monoisotopic (exact) mass is 741 g/mol. The van der Waals surface area contributed by atoms with Crippen LogP contribution in [0.5, 0.6) is 0 Å². The number of pyridine rings is 1. The molecule has 0 bridgehead atoms. The summed E-state index contributed by atoms with van der Waals surface area (Å²) >= 11 is 0. The van der Waals surface area contributed by atoms with Crippen molar-refractivity contribution in [3.05, 3.63) is 37.1 Å². The van der Waals surface area contributed by atoms with E-state index in [9.17, 15) is 24.3 Å². The number of carbonyl (C=O) groups excluding carboxylic acids is 4. The van der Waals surface area contributed by atoms with Gasteiger partial charge in [-0.1, -0.05) is 13.8 Å². The van der Waals surface area contributed by atoms with Crippen molar-refractivity contribution in [3.8, 4) is 11.3 Å². The maximum Gasteiger partial charge on any atom is 0.412 e. The van der Waals surface area contributed by atoms with Crippen molar-refractivity contribution in [2.24, 2.45) is 11.8 Å². The molecule has 2 unspecified atom stereocenters. The van der Waals surface area contributed by atoms with Crippen LogP contribution in [0.3, 0.4) is 0 Å². The number of Topliss-reactive ketones (excluding diaryl/α,β-unsaturated/α-hetero) is 2. The van der Waals surface area contributed by atoms with E-state index < -0.39 is 71.5 Å². The van der Waals surface area contributed by atoms with E-state index >= 15 is 0 Å². The molecule has 3 aliphatic heterocycles. The van der Waals surface area contributed by atoms with Crippen LogP contribution in [-0.2, 0) is 44.7 Å². The van der Waals surface area contributed by atoms with Gasteiger partial charge in [0.15, 0.2) is 11.9 Å². The molecule has 15 nitrogen and oxygen atoms in total. The summed E-state index contributed by atoms with van der Waals surface area (Å²) in [7, 11) is 5.20. The second-order valence-corrected chi connectivity index (χ2v) is 15.4. The van der Waals surface area contributed by atoms with Crippen molar-refractivity contribution in [3.63, 3.8) is 0 Å². The molecule has 0 radical (unpaired) electrons. The van der Waals surface area contributed by atoms with Crippen molar-refractivity contribution in [1.29, 1.82) is 0 Å². The zero-order chi connectivity index (χ0) is 38.8. The van der Waals surface area contributed by atoms with E-state index in [4.69, 9.17) is 23.7 Å². The number of aliphatic hydroxyl groups is 1. The van der Waals surface area contributed by atoms with Gasteiger partial charge in [-0.25, -0.2) is 9.78 Å². The number of methoxy groups -OCH3 is 1. The van der Waals surface area contributed by atoms with Gasteiger partial charge in [0.1, 0.15) is 36.4 Å². The van der Waals surface area contributed by atoms with Crippen LogP contribution in [0.15, 0.2) is 37.1 Å². The molecule has 0 aliphatic carbocycles. The molecule has 0 aromatic carbocycles. The molecular formula is C38H55N5O10. The second-order valence-electron chi connectivity index (χ2n) is 15.4. The zero-order valence-corrected chi connectivity index (χ0v) is 32.3.